The average Bonchev–Trinajstić information content (AvgIpc) is 3.55. The molecule has 2 heterocycles. The molecule has 2 N–H and O–H groups in total. The molecule has 0 radical (unpaired) electrons. The lowest BCUT2D eigenvalue weighted by molar-refractivity contribution is -0.121. The van der Waals surface area contributed by atoms with Gasteiger partial charge in [-0.1, -0.05) is 12.1 Å². The first kappa shape index (κ1) is 19.6. The number of carbonyl (C=O) groups is 1. The molecule has 7 heteroatoms. The van der Waals surface area contributed by atoms with Gasteiger partial charge in [0.2, 0.25) is 5.91 Å². The molecule has 1 saturated carbocycles. The molecule has 2 fully saturated rings. The van der Waals surface area contributed by atoms with Crippen molar-refractivity contribution in [2.75, 3.05) is 23.3 Å². The first-order valence-corrected chi connectivity index (χ1v) is 10.5. The highest BCUT2D eigenvalue weighted by Crippen LogP contribution is 2.27. The minimum absolute atomic E-state index is 0.0179. The Balaban J connectivity index is 1.24. The monoisotopic (exact) mass is 397 g/mol. The second-order valence-electron chi connectivity index (χ2n) is 8.08. The van der Waals surface area contributed by atoms with Gasteiger partial charge in [0.05, 0.1) is 0 Å². The molecule has 0 spiro atoms. The highest BCUT2D eigenvalue weighted by atomic mass is 19.1. The number of nitrogens with one attached hydrogen (secondary N) is 2. The van der Waals surface area contributed by atoms with Gasteiger partial charge in [-0.25, -0.2) is 14.4 Å². The van der Waals surface area contributed by atoms with Crippen LogP contribution in [0.2, 0.25) is 0 Å². The minimum Gasteiger partial charge on any atom is -0.367 e. The fourth-order valence-electron chi connectivity index (χ4n) is 3.82. The number of rotatable bonds is 8. The number of carbonyl (C=O) groups excluding carboxylic acids is 1. The SMILES string of the molecule is O=C(CC[C@H]1CCCN(c2cc(NC3CC3)ncn2)C1)NCc1cccc(F)c1. The topological polar surface area (TPSA) is 70.2 Å². The molecule has 1 aromatic carbocycles. The maximum atomic E-state index is 13.2. The van der Waals surface area contributed by atoms with E-state index >= 15 is 0 Å². The van der Waals surface area contributed by atoms with Crippen molar-refractivity contribution in [1.29, 1.82) is 0 Å². The van der Waals surface area contributed by atoms with Crippen LogP contribution in [0.15, 0.2) is 36.7 Å². The fraction of sp³-hybridized carbons (Fsp3) is 0.500. The number of anilines is 2. The summed E-state index contributed by atoms with van der Waals surface area (Å²) in [6.07, 6.45) is 7.63. The standard InChI is InChI=1S/C22H28FN5O/c23-18-5-1-3-17(11-18)13-24-22(29)9-6-16-4-2-10-28(14-16)21-12-20(25-15-26-21)27-19-7-8-19/h1,3,5,11-12,15-16,19H,2,4,6-10,13-14H2,(H,24,29)(H,25,26,27)/t16-/m1/s1. The van der Waals surface area contributed by atoms with Crippen LogP contribution >= 0.6 is 0 Å². The van der Waals surface area contributed by atoms with E-state index in [0.717, 1.165) is 49.6 Å². The van der Waals surface area contributed by atoms with Crippen molar-refractivity contribution < 1.29 is 9.18 Å². The number of piperidine rings is 1. The van der Waals surface area contributed by atoms with Gasteiger partial charge < -0.3 is 15.5 Å². The molecule has 1 aromatic heterocycles. The Kier molecular flexibility index (Phi) is 6.22. The predicted molar refractivity (Wildman–Crippen MR) is 111 cm³/mol. The largest absolute Gasteiger partial charge is 0.367 e. The van der Waals surface area contributed by atoms with E-state index in [1.54, 1.807) is 12.4 Å². The van der Waals surface area contributed by atoms with Crippen molar-refractivity contribution in [1.82, 2.24) is 15.3 Å². The van der Waals surface area contributed by atoms with E-state index in [9.17, 15) is 9.18 Å². The Bertz CT molecular complexity index is 841. The Morgan fingerprint density at radius 2 is 2.10 bits per heavy atom. The fourth-order valence-corrected chi connectivity index (χ4v) is 3.82. The van der Waals surface area contributed by atoms with E-state index in [1.807, 2.05) is 12.1 Å². The van der Waals surface area contributed by atoms with Crippen molar-refractivity contribution in [2.24, 2.45) is 5.92 Å². The molecule has 2 aliphatic rings. The molecule has 154 valence electrons. The van der Waals surface area contributed by atoms with E-state index in [1.165, 1.54) is 25.0 Å². The summed E-state index contributed by atoms with van der Waals surface area (Å²) in [7, 11) is 0. The Labute approximate surface area is 170 Å². The maximum absolute atomic E-state index is 13.2. The molecule has 4 rings (SSSR count). The van der Waals surface area contributed by atoms with Gasteiger partial charge in [0, 0.05) is 38.2 Å². The van der Waals surface area contributed by atoms with Crippen LogP contribution < -0.4 is 15.5 Å². The first-order valence-electron chi connectivity index (χ1n) is 10.5. The lowest BCUT2D eigenvalue weighted by Crippen LogP contribution is -2.36. The van der Waals surface area contributed by atoms with Gasteiger partial charge >= 0.3 is 0 Å². The van der Waals surface area contributed by atoms with Crippen LogP contribution in [-0.2, 0) is 11.3 Å². The summed E-state index contributed by atoms with van der Waals surface area (Å²) in [4.78, 5) is 23.3. The van der Waals surface area contributed by atoms with Gasteiger partial charge in [-0.3, -0.25) is 4.79 Å². The molecule has 1 aliphatic heterocycles. The summed E-state index contributed by atoms with van der Waals surface area (Å²) in [6.45, 7) is 2.27. The molecule has 1 amide bonds. The second-order valence-corrected chi connectivity index (χ2v) is 8.08. The van der Waals surface area contributed by atoms with Crippen LogP contribution in [0.4, 0.5) is 16.0 Å². The van der Waals surface area contributed by atoms with Crippen molar-refractivity contribution in [3.63, 3.8) is 0 Å². The number of hydrogen-bond acceptors (Lipinski definition) is 5. The van der Waals surface area contributed by atoms with Gasteiger partial charge in [0.25, 0.3) is 0 Å². The maximum Gasteiger partial charge on any atom is 0.220 e. The summed E-state index contributed by atoms with van der Waals surface area (Å²) in [5.74, 6) is 2.07. The van der Waals surface area contributed by atoms with Crippen LogP contribution in [-0.4, -0.2) is 35.0 Å². The van der Waals surface area contributed by atoms with Crippen LogP contribution in [0.25, 0.3) is 0 Å². The summed E-state index contributed by atoms with van der Waals surface area (Å²) < 4.78 is 13.2. The number of aromatic nitrogens is 2. The number of benzene rings is 1. The van der Waals surface area contributed by atoms with Crippen molar-refractivity contribution in [3.05, 3.63) is 48.0 Å². The van der Waals surface area contributed by atoms with Crippen molar-refractivity contribution in [3.8, 4) is 0 Å². The molecular formula is C22H28FN5O. The summed E-state index contributed by atoms with van der Waals surface area (Å²) in [5.41, 5.74) is 0.779. The Morgan fingerprint density at radius 1 is 1.21 bits per heavy atom. The molecule has 2 aromatic rings. The molecule has 1 atom stereocenters. The summed E-state index contributed by atoms with van der Waals surface area (Å²) >= 11 is 0. The summed E-state index contributed by atoms with van der Waals surface area (Å²) in [6, 6.07) is 8.93. The zero-order valence-electron chi connectivity index (χ0n) is 16.6. The highest BCUT2D eigenvalue weighted by molar-refractivity contribution is 5.75. The van der Waals surface area contributed by atoms with Gasteiger partial charge in [0.15, 0.2) is 0 Å². The lowest BCUT2D eigenvalue weighted by Gasteiger charge is -2.33. The van der Waals surface area contributed by atoms with Crippen LogP contribution in [0.3, 0.4) is 0 Å². The lowest BCUT2D eigenvalue weighted by atomic mass is 9.93. The predicted octanol–water partition coefficient (Wildman–Crippen LogP) is 3.50. The number of halogens is 1. The third kappa shape index (κ3) is 5.89. The van der Waals surface area contributed by atoms with Crippen LogP contribution in [0.1, 0.15) is 44.1 Å². The molecule has 6 nitrogen and oxygen atoms in total. The Morgan fingerprint density at radius 3 is 2.93 bits per heavy atom. The molecule has 29 heavy (non-hydrogen) atoms. The molecular weight excluding hydrogens is 369 g/mol. The normalized spacial score (nSPS) is 19.1. The quantitative estimate of drug-likeness (QED) is 0.713. The number of nitrogens with zero attached hydrogens (tertiary/aromatic N) is 3. The Hall–Kier alpha value is -2.70. The van der Waals surface area contributed by atoms with E-state index in [2.05, 4.69) is 25.5 Å². The van der Waals surface area contributed by atoms with Crippen LogP contribution in [0.5, 0.6) is 0 Å². The first-order chi connectivity index (χ1) is 14.2. The van der Waals surface area contributed by atoms with Gasteiger partial charge in [-0.15, -0.1) is 0 Å². The highest BCUT2D eigenvalue weighted by Gasteiger charge is 2.24. The molecule has 1 saturated heterocycles. The summed E-state index contributed by atoms with van der Waals surface area (Å²) in [5, 5.41) is 6.32. The third-order valence-electron chi connectivity index (χ3n) is 5.58. The van der Waals surface area contributed by atoms with Crippen molar-refractivity contribution >= 4 is 17.5 Å². The number of amides is 1. The van der Waals surface area contributed by atoms with E-state index < -0.39 is 0 Å². The smallest absolute Gasteiger partial charge is 0.220 e. The zero-order valence-corrected chi connectivity index (χ0v) is 16.6. The van der Waals surface area contributed by atoms with Gasteiger partial charge in [-0.05, 0) is 55.7 Å². The van der Waals surface area contributed by atoms with E-state index in [0.29, 0.717) is 24.9 Å². The zero-order chi connectivity index (χ0) is 20.1. The van der Waals surface area contributed by atoms with E-state index in [-0.39, 0.29) is 11.7 Å². The van der Waals surface area contributed by atoms with Crippen LogP contribution in [0, 0.1) is 11.7 Å². The molecule has 0 bridgehead atoms. The average molecular weight is 397 g/mol. The van der Waals surface area contributed by atoms with Crippen molar-refractivity contribution in [2.45, 2.75) is 51.1 Å². The minimum atomic E-state index is -0.278. The van der Waals surface area contributed by atoms with Gasteiger partial charge in [0.1, 0.15) is 23.8 Å². The number of hydrogen-bond donors (Lipinski definition) is 2. The molecule has 1 aliphatic carbocycles. The molecule has 0 unspecified atom stereocenters. The van der Waals surface area contributed by atoms with E-state index in [4.69, 9.17) is 0 Å². The van der Waals surface area contributed by atoms with Gasteiger partial charge in [-0.2, -0.15) is 0 Å². The third-order valence-corrected chi connectivity index (χ3v) is 5.58. The second kappa shape index (κ2) is 9.20.